The van der Waals surface area contributed by atoms with Crippen LogP contribution in [0.5, 0.6) is 5.75 Å². The summed E-state index contributed by atoms with van der Waals surface area (Å²) in [6, 6.07) is 8.12. The fourth-order valence-electron chi connectivity index (χ4n) is 3.04. The van der Waals surface area contributed by atoms with Crippen LogP contribution < -0.4 is 29.6 Å². The standard InChI is InChI=1S/C19H32N2O2.2ClH/c1-5-20-10-12-21(13-11-20)14-16(22)15-23-18-9-7-6-8-17(18)19(2,3)4;;/h6-9,16,22H,5,10-15H2,1-4H3;2*1H/p-2. The summed E-state index contributed by atoms with van der Waals surface area (Å²) < 4.78 is 5.92. The second kappa shape index (κ2) is 11.2. The molecule has 0 amide bonds. The number of β-amino-alcohol motifs (C(OH)–C–C–N with tert-alkyl or cyclic N) is 1. The van der Waals surface area contributed by atoms with Gasteiger partial charge in [0.2, 0.25) is 0 Å². The zero-order chi connectivity index (χ0) is 16.9. The molecule has 0 saturated carbocycles. The third-order valence-corrected chi connectivity index (χ3v) is 4.51. The maximum Gasteiger partial charge on any atom is 0.123 e. The zero-order valence-corrected chi connectivity index (χ0v) is 17.4. The molecule has 1 atom stereocenters. The van der Waals surface area contributed by atoms with Crippen molar-refractivity contribution in [1.82, 2.24) is 9.80 Å². The lowest BCUT2D eigenvalue weighted by Gasteiger charge is -2.35. The molecule has 25 heavy (non-hydrogen) atoms. The van der Waals surface area contributed by atoms with Crippen molar-refractivity contribution in [2.75, 3.05) is 45.9 Å². The lowest BCUT2D eigenvalue weighted by molar-refractivity contribution is -0.00100. The molecule has 1 aromatic carbocycles. The SMILES string of the molecule is CCN1CCN(CC(O)COc2ccccc2C(C)(C)C)CC1.[Cl-].[Cl-]. The van der Waals surface area contributed by atoms with Crippen LogP contribution in [0.1, 0.15) is 33.3 Å². The highest BCUT2D eigenvalue weighted by atomic mass is 35.5. The van der Waals surface area contributed by atoms with E-state index in [1.807, 2.05) is 18.2 Å². The molecule has 146 valence electrons. The van der Waals surface area contributed by atoms with Crippen LogP contribution in [0.4, 0.5) is 0 Å². The predicted octanol–water partition coefficient (Wildman–Crippen LogP) is -3.63. The molecule has 6 heteroatoms. The van der Waals surface area contributed by atoms with E-state index in [-0.39, 0.29) is 30.2 Å². The fourth-order valence-corrected chi connectivity index (χ4v) is 3.04. The number of hydrogen-bond acceptors (Lipinski definition) is 4. The number of aliphatic hydroxyl groups excluding tert-OH is 1. The first-order chi connectivity index (χ1) is 10.9. The number of likely N-dealkylation sites (N-methyl/N-ethyl adjacent to an activating group) is 1. The van der Waals surface area contributed by atoms with Gasteiger partial charge in [0.05, 0.1) is 0 Å². The van der Waals surface area contributed by atoms with Gasteiger partial charge in [-0.2, -0.15) is 0 Å². The third-order valence-electron chi connectivity index (χ3n) is 4.51. The molecule has 1 aliphatic rings. The van der Waals surface area contributed by atoms with Crippen LogP contribution in [-0.4, -0.2) is 66.9 Å². The molecule has 1 N–H and O–H groups in total. The van der Waals surface area contributed by atoms with E-state index in [4.69, 9.17) is 4.74 Å². The van der Waals surface area contributed by atoms with E-state index >= 15 is 0 Å². The van der Waals surface area contributed by atoms with Crippen LogP contribution in [0.2, 0.25) is 0 Å². The van der Waals surface area contributed by atoms with Crippen LogP contribution in [0.3, 0.4) is 0 Å². The van der Waals surface area contributed by atoms with E-state index in [9.17, 15) is 5.11 Å². The van der Waals surface area contributed by atoms with Gasteiger partial charge in [0.1, 0.15) is 18.5 Å². The van der Waals surface area contributed by atoms with E-state index in [2.05, 4.69) is 43.6 Å². The minimum atomic E-state index is -0.448. The van der Waals surface area contributed by atoms with E-state index in [0.29, 0.717) is 13.2 Å². The topological polar surface area (TPSA) is 35.9 Å². The van der Waals surface area contributed by atoms with Gasteiger partial charge in [0, 0.05) is 32.7 Å². The van der Waals surface area contributed by atoms with E-state index in [1.54, 1.807) is 0 Å². The van der Waals surface area contributed by atoms with E-state index < -0.39 is 6.10 Å². The van der Waals surface area contributed by atoms with Gasteiger partial charge in [-0.3, -0.25) is 4.90 Å². The average Bonchev–Trinajstić information content (AvgIpc) is 2.53. The Morgan fingerprint density at radius 1 is 1.04 bits per heavy atom. The van der Waals surface area contributed by atoms with Gasteiger partial charge in [-0.15, -0.1) is 0 Å². The lowest BCUT2D eigenvalue weighted by Crippen LogP contribution is -3.00. The molecule has 1 aromatic rings. The number of aliphatic hydroxyl groups is 1. The molecule has 4 nitrogen and oxygen atoms in total. The van der Waals surface area contributed by atoms with E-state index in [1.165, 1.54) is 5.56 Å². The van der Waals surface area contributed by atoms with Gasteiger partial charge in [-0.1, -0.05) is 45.9 Å². The molecule has 1 aliphatic heterocycles. The molecule has 1 heterocycles. The molecular weight excluding hydrogens is 359 g/mol. The molecule has 0 aromatic heterocycles. The summed E-state index contributed by atoms with van der Waals surface area (Å²) in [5.74, 6) is 0.884. The van der Waals surface area contributed by atoms with Crippen LogP contribution in [0.15, 0.2) is 24.3 Å². The Balaban J connectivity index is 0.00000288. The largest absolute Gasteiger partial charge is 1.00 e. The molecular formula is C19H32Cl2N2O2-2. The van der Waals surface area contributed by atoms with Gasteiger partial charge >= 0.3 is 0 Å². The zero-order valence-electron chi connectivity index (χ0n) is 15.8. The summed E-state index contributed by atoms with van der Waals surface area (Å²) >= 11 is 0. The molecule has 2 rings (SSSR count). The van der Waals surface area contributed by atoms with Crippen LogP contribution in [0, 0.1) is 0 Å². The number of hydrogen-bond donors (Lipinski definition) is 1. The normalized spacial score (nSPS) is 17.3. The summed E-state index contributed by atoms with van der Waals surface area (Å²) in [6.45, 7) is 15.1. The van der Waals surface area contributed by atoms with Crippen molar-refractivity contribution in [1.29, 1.82) is 0 Å². The van der Waals surface area contributed by atoms with Crippen molar-refractivity contribution < 1.29 is 34.7 Å². The van der Waals surface area contributed by atoms with Crippen molar-refractivity contribution in [3.8, 4) is 5.75 Å². The van der Waals surface area contributed by atoms with Crippen molar-refractivity contribution >= 4 is 0 Å². The summed E-state index contributed by atoms with van der Waals surface area (Å²) in [7, 11) is 0. The summed E-state index contributed by atoms with van der Waals surface area (Å²) in [4.78, 5) is 4.77. The Kier molecular flexibility index (Phi) is 11.0. The van der Waals surface area contributed by atoms with Crippen molar-refractivity contribution in [2.45, 2.75) is 39.2 Å². The first-order valence-corrected chi connectivity index (χ1v) is 8.75. The van der Waals surface area contributed by atoms with Crippen molar-refractivity contribution in [2.24, 2.45) is 0 Å². The molecule has 1 unspecified atom stereocenters. The number of para-hydroxylation sites is 1. The maximum atomic E-state index is 10.3. The minimum absolute atomic E-state index is 0. The first kappa shape index (κ1) is 24.5. The summed E-state index contributed by atoms with van der Waals surface area (Å²) in [5.41, 5.74) is 1.22. The number of benzene rings is 1. The van der Waals surface area contributed by atoms with Crippen LogP contribution in [0.25, 0.3) is 0 Å². The summed E-state index contributed by atoms with van der Waals surface area (Å²) in [6.07, 6.45) is -0.448. The fraction of sp³-hybridized carbons (Fsp3) is 0.684. The number of halogens is 2. The number of rotatable bonds is 6. The molecule has 0 radical (unpaired) electrons. The van der Waals surface area contributed by atoms with E-state index in [0.717, 1.165) is 38.5 Å². The first-order valence-electron chi connectivity index (χ1n) is 8.75. The number of ether oxygens (including phenoxy) is 1. The van der Waals surface area contributed by atoms with Crippen LogP contribution in [-0.2, 0) is 5.41 Å². The number of nitrogens with zero attached hydrogens (tertiary/aromatic N) is 2. The Labute approximate surface area is 165 Å². The second-order valence-corrected chi connectivity index (χ2v) is 7.45. The maximum absolute atomic E-state index is 10.3. The Bertz CT molecular complexity index is 487. The molecule has 1 saturated heterocycles. The average molecular weight is 391 g/mol. The molecule has 0 bridgehead atoms. The monoisotopic (exact) mass is 390 g/mol. The second-order valence-electron chi connectivity index (χ2n) is 7.45. The molecule has 1 fully saturated rings. The van der Waals surface area contributed by atoms with Gasteiger partial charge in [-0.05, 0) is 23.6 Å². The van der Waals surface area contributed by atoms with Gasteiger partial charge in [0.25, 0.3) is 0 Å². The number of piperazine rings is 1. The van der Waals surface area contributed by atoms with Gasteiger partial charge < -0.3 is 39.6 Å². The van der Waals surface area contributed by atoms with Crippen LogP contribution >= 0.6 is 0 Å². The van der Waals surface area contributed by atoms with Gasteiger partial charge in [-0.25, -0.2) is 0 Å². The third kappa shape index (κ3) is 7.71. The minimum Gasteiger partial charge on any atom is -1.00 e. The Morgan fingerprint density at radius 3 is 2.16 bits per heavy atom. The summed E-state index contributed by atoms with van der Waals surface area (Å²) in [5, 5.41) is 10.3. The quantitative estimate of drug-likeness (QED) is 0.543. The van der Waals surface area contributed by atoms with Gasteiger partial charge in [0.15, 0.2) is 0 Å². The van der Waals surface area contributed by atoms with Crippen molar-refractivity contribution in [3.63, 3.8) is 0 Å². The lowest BCUT2D eigenvalue weighted by atomic mass is 9.86. The highest BCUT2D eigenvalue weighted by molar-refractivity contribution is 5.38. The smallest absolute Gasteiger partial charge is 0.123 e. The predicted molar refractivity (Wildman–Crippen MR) is 95.2 cm³/mol. The molecule has 0 spiro atoms. The highest BCUT2D eigenvalue weighted by Crippen LogP contribution is 2.30. The molecule has 0 aliphatic carbocycles. The Hall–Kier alpha value is -0.520. The highest BCUT2D eigenvalue weighted by Gasteiger charge is 2.21. The Morgan fingerprint density at radius 2 is 1.60 bits per heavy atom. The van der Waals surface area contributed by atoms with Crippen molar-refractivity contribution in [3.05, 3.63) is 29.8 Å².